The number of nitrogens with one attached hydrogen (secondary N) is 1. The summed E-state index contributed by atoms with van der Waals surface area (Å²) in [5.41, 5.74) is 1.24. The lowest BCUT2D eigenvalue weighted by Gasteiger charge is -2.15. The van der Waals surface area contributed by atoms with Gasteiger partial charge in [-0.25, -0.2) is 4.79 Å². The zero-order chi connectivity index (χ0) is 22.2. The van der Waals surface area contributed by atoms with Crippen LogP contribution in [0.5, 0.6) is 11.5 Å². The molecule has 0 unspecified atom stereocenters. The van der Waals surface area contributed by atoms with Gasteiger partial charge >= 0.3 is 12.1 Å². The Morgan fingerprint density at radius 1 is 1.16 bits per heavy atom. The van der Waals surface area contributed by atoms with E-state index in [1.165, 1.54) is 24.1 Å². The van der Waals surface area contributed by atoms with Crippen molar-refractivity contribution in [2.75, 3.05) is 13.7 Å². The average molecular weight is 432 g/mol. The number of fused-ring (bicyclic) bond motifs is 1. The highest BCUT2D eigenvalue weighted by Gasteiger charge is 2.43. The number of pyridine rings is 1. The minimum absolute atomic E-state index is 0.0678. The number of rotatable bonds is 4. The maximum absolute atomic E-state index is 12.8. The van der Waals surface area contributed by atoms with Crippen molar-refractivity contribution >= 4 is 11.9 Å². The highest BCUT2D eigenvalue weighted by atomic mass is 19.4. The fraction of sp³-hybridized carbons (Fsp3) is 0.200. The molecule has 4 rings (SSSR count). The minimum atomic E-state index is -5.23. The number of methoxy groups -OCH3 is 1. The van der Waals surface area contributed by atoms with Crippen LogP contribution in [0.25, 0.3) is 22.5 Å². The number of alkyl halides is 3. The Balaban J connectivity index is 1.80. The number of nitrogens with zero attached hydrogens (tertiary/aromatic N) is 3. The van der Waals surface area contributed by atoms with Crippen LogP contribution < -0.4 is 14.8 Å². The monoisotopic (exact) mass is 432 g/mol. The zero-order valence-corrected chi connectivity index (χ0v) is 16.1. The Bertz CT molecular complexity index is 1160. The van der Waals surface area contributed by atoms with Crippen molar-refractivity contribution in [2.24, 2.45) is 0 Å². The first-order chi connectivity index (χ1) is 14.8. The smallest absolute Gasteiger partial charge is 0.491 e. The van der Waals surface area contributed by atoms with Gasteiger partial charge in [0, 0.05) is 23.9 Å². The third kappa shape index (κ3) is 3.93. The first-order valence-electron chi connectivity index (χ1n) is 9.07. The number of carbonyl (C=O) groups excluding carboxylic acids is 2. The number of aromatic nitrogens is 3. The SMILES string of the molecule is COc1ccc(-c2cc(-c3nn4c(c3OC(=O)C(F)(F)F)C(=O)NCC4)ccn2)cc1. The zero-order valence-electron chi connectivity index (χ0n) is 16.1. The summed E-state index contributed by atoms with van der Waals surface area (Å²) >= 11 is 0. The van der Waals surface area contributed by atoms with Gasteiger partial charge in [0.25, 0.3) is 5.91 Å². The molecule has 11 heteroatoms. The van der Waals surface area contributed by atoms with E-state index in [0.29, 0.717) is 17.0 Å². The van der Waals surface area contributed by atoms with Crippen molar-refractivity contribution in [1.29, 1.82) is 0 Å². The highest BCUT2D eigenvalue weighted by molar-refractivity contribution is 5.99. The van der Waals surface area contributed by atoms with Crippen molar-refractivity contribution in [1.82, 2.24) is 20.1 Å². The lowest BCUT2D eigenvalue weighted by atomic mass is 10.1. The molecular weight excluding hydrogens is 417 g/mol. The number of amides is 1. The van der Waals surface area contributed by atoms with Crippen molar-refractivity contribution in [3.05, 3.63) is 48.3 Å². The number of hydrogen-bond acceptors (Lipinski definition) is 6. The predicted octanol–water partition coefficient (Wildman–Crippen LogP) is 2.83. The van der Waals surface area contributed by atoms with Gasteiger partial charge in [-0.2, -0.15) is 18.3 Å². The molecule has 31 heavy (non-hydrogen) atoms. The van der Waals surface area contributed by atoms with E-state index < -0.39 is 23.8 Å². The van der Waals surface area contributed by atoms with E-state index in [1.54, 1.807) is 30.3 Å². The topological polar surface area (TPSA) is 95.3 Å². The lowest BCUT2D eigenvalue weighted by molar-refractivity contribution is -0.189. The van der Waals surface area contributed by atoms with Gasteiger partial charge in [-0.1, -0.05) is 0 Å². The fourth-order valence-electron chi connectivity index (χ4n) is 3.12. The van der Waals surface area contributed by atoms with E-state index in [0.717, 1.165) is 5.56 Å². The largest absolute Gasteiger partial charge is 0.497 e. The molecule has 1 amide bonds. The molecule has 1 aliphatic rings. The molecule has 0 saturated carbocycles. The maximum atomic E-state index is 12.8. The molecule has 0 radical (unpaired) electrons. The molecule has 0 saturated heterocycles. The number of ether oxygens (including phenoxy) is 2. The van der Waals surface area contributed by atoms with Gasteiger partial charge in [0.2, 0.25) is 0 Å². The second-order valence-corrected chi connectivity index (χ2v) is 6.55. The van der Waals surface area contributed by atoms with Gasteiger partial charge in [-0.05, 0) is 36.4 Å². The van der Waals surface area contributed by atoms with E-state index in [-0.39, 0.29) is 24.5 Å². The van der Waals surface area contributed by atoms with Gasteiger partial charge < -0.3 is 14.8 Å². The molecule has 1 aromatic carbocycles. The molecule has 0 fully saturated rings. The van der Waals surface area contributed by atoms with E-state index in [4.69, 9.17) is 4.74 Å². The molecule has 1 N–H and O–H groups in total. The van der Waals surface area contributed by atoms with Crippen LogP contribution in [0.15, 0.2) is 42.6 Å². The number of carbonyl (C=O) groups is 2. The van der Waals surface area contributed by atoms with Crippen molar-refractivity contribution in [3.8, 4) is 34.0 Å². The molecule has 0 aliphatic carbocycles. The second-order valence-electron chi connectivity index (χ2n) is 6.55. The van der Waals surface area contributed by atoms with Crippen LogP contribution in [0.1, 0.15) is 10.5 Å². The molecule has 3 aromatic rings. The first kappa shape index (κ1) is 20.4. The number of esters is 1. The van der Waals surface area contributed by atoms with Crippen LogP contribution in [0.4, 0.5) is 13.2 Å². The van der Waals surface area contributed by atoms with Crippen LogP contribution in [-0.4, -0.2) is 46.5 Å². The van der Waals surface area contributed by atoms with Crippen molar-refractivity contribution in [3.63, 3.8) is 0 Å². The molecule has 0 bridgehead atoms. The highest BCUT2D eigenvalue weighted by Crippen LogP contribution is 2.36. The molecule has 1 aliphatic heterocycles. The predicted molar refractivity (Wildman–Crippen MR) is 101 cm³/mol. The number of halogens is 3. The van der Waals surface area contributed by atoms with Crippen molar-refractivity contribution < 1.29 is 32.2 Å². The van der Waals surface area contributed by atoms with E-state index in [9.17, 15) is 22.8 Å². The Morgan fingerprint density at radius 2 is 1.90 bits per heavy atom. The fourth-order valence-corrected chi connectivity index (χ4v) is 3.12. The summed E-state index contributed by atoms with van der Waals surface area (Å²) in [7, 11) is 1.54. The summed E-state index contributed by atoms with van der Waals surface area (Å²) in [6, 6.07) is 10.1. The summed E-state index contributed by atoms with van der Waals surface area (Å²) in [6.07, 6.45) is -3.79. The van der Waals surface area contributed by atoms with Crippen LogP contribution in [0, 0.1) is 0 Å². The van der Waals surface area contributed by atoms with Crippen LogP contribution in [0.2, 0.25) is 0 Å². The molecule has 8 nitrogen and oxygen atoms in total. The van der Waals surface area contributed by atoms with E-state index >= 15 is 0 Å². The summed E-state index contributed by atoms with van der Waals surface area (Å²) in [4.78, 5) is 28.1. The summed E-state index contributed by atoms with van der Waals surface area (Å²) < 4.78 is 49.4. The van der Waals surface area contributed by atoms with Crippen molar-refractivity contribution in [2.45, 2.75) is 12.7 Å². The van der Waals surface area contributed by atoms with Gasteiger partial charge in [0.15, 0.2) is 11.4 Å². The van der Waals surface area contributed by atoms with Crippen LogP contribution >= 0.6 is 0 Å². The quantitative estimate of drug-likeness (QED) is 0.637. The summed E-state index contributed by atoms with van der Waals surface area (Å²) in [5.74, 6) is -3.02. The molecular formula is C20H15F3N4O4. The molecule has 2 aromatic heterocycles. The Hall–Kier alpha value is -3.89. The molecule has 3 heterocycles. The third-order valence-corrected chi connectivity index (χ3v) is 4.58. The molecule has 160 valence electrons. The summed E-state index contributed by atoms with van der Waals surface area (Å²) in [6.45, 7) is 0.459. The first-order valence-corrected chi connectivity index (χ1v) is 9.07. The number of hydrogen-bond donors (Lipinski definition) is 1. The van der Waals surface area contributed by atoms with Gasteiger partial charge in [-0.15, -0.1) is 0 Å². The lowest BCUT2D eigenvalue weighted by Crippen LogP contribution is -2.36. The van der Waals surface area contributed by atoms with E-state index in [2.05, 4.69) is 20.1 Å². The van der Waals surface area contributed by atoms with E-state index in [1.807, 2.05) is 0 Å². The Labute approximate surface area is 173 Å². The standard InChI is InChI=1S/C20H15F3N4O4/c1-30-13-4-2-11(3-5-13)14-10-12(6-7-24-14)15-17(31-19(29)20(21,22)23)16-18(28)25-8-9-27(16)26-15/h2-7,10H,8-9H2,1H3,(H,25,28). The molecule has 0 atom stereocenters. The number of benzene rings is 1. The second kappa shape index (κ2) is 7.74. The Kier molecular flexibility index (Phi) is 5.09. The normalized spacial score (nSPS) is 13.4. The van der Waals surface area contributed by atoms with Gasteiger partial charge in [0.05, 0.1) is 19.3 Å². The third-order valence-electron chi connectivity index (χ3n) is 4.58. The summed E-state index contributed by atoms with van der Waals surface area (Å²) in [5, 5.41) is 6.74. The molecule has 0 spiro atoms. The minimum Gasteiger partial charge on any atom is -0.497 e. The Morgan fingerprint density at radius 3 is 2.58 bits per heavy atom. The van der Waals surface area contributed by atoms with Crippen LogP contribution in [0.3, 0.4) is 0 Å². The van der Waals surface area contributed by atoms with Gasteiger partial charge in [-0.3, -0.25) is 14.5 Å². The maximum Gasteiger partial charge on any atom is 0.491 e. The van der Waals surface area contributed by atoms with Crippen LogP contribution in [-0.2, 0) is 11.3 Å². The van der Waals surface area contributed by atoms with Gasteiger partial charge in [0.1, 0.15) is 11.4 Å². The average Bonchev–Trinajstić information content (AvgIpc) is 3.13.